The minimum Gasteiger partial charge on any atom is -0.398 e. The minimum atomic E-state index is -0.339. The summed E-state index contributed by atoms with van der Waals surface area (Å²) in [5.41, 5.74) is 9.67. The number of hydrogen-bond acceptors (Lipinski definition) is 2. The largest absolute Gasteiger partial charge is 0.398 e. The normalized spacial score (nSPS) is 11.1. The van der Waals surface area contributed by atoms with Gasteiger partial charge in [0.2, 0.25) is 0 Å². The summed E-state index contributed by atoms with van der Waals surface area (Å²) in [7, 11) is 0. The quantitative estimate of drug-likeness (QED) is 0.801. The summed E-state index contributed by atoms with van der Waals surface area (Å²) in [6.07, 6.45) is 0. The van der Waals surface area contributed by atoms with Gasteiger partial charge in [0, 0.05) is 11.4 Å². The molecule has 0 aliphatic carbocycles. The molecule has 0 bridgehead atoms. The van der Waals surface area contributed by atoms with Gasteiger partial charge in [-0.3, -0.25) is 4.98 Å². The van der Waals surface area contributed by atoms with E-state index in [1.807, 2.05) is 20.8 Å². The molecule has 2 rings (SSSR count). The molecule has 0 radical (unpaired) electrons. The van der Waals surface area contributed by atoms with Crippen molar-refractivity contribution in [3.63, 3.8) is 0 Å². The second-order valence-electron chi connectivity index (χ2n) is 3.95. The Hall–Kier alpha value is -1.16. The van der Waals surface area contributed by atoms with Crippen molar-refractivity contribution in [3.8, 4) is 0 Å². The first-order chi connectivity index (χ1) is 7.43. The summed E-state index contributed by atoms with van der Waals surface area (Å²) < 4.78 is 14.4. The fourth-order valence-electron chi connectivity index (χ4n) is 1.77. The minimum absolute atomic E-state index is 0.339. The first-order valence-electron chi connectivity index (χ1n) is 4.94. The van der Waals surface area contributed by atoms with Crippen LogP contribution < -0.4 is 5.73 Å². The van der Waals surface area contributed by atoms with E-state index in [0.29, 0.717) is 21.1 Å². The molecule has 0 aliphatic heterocycles. The van der Waals surface area contributed by atoms with E-state index in [2.05, 4.69) is 20.9 Å². The van der Waals surface area contributed by atoms with Gasteiger partial charge in [-0.1, -0.05) is 0 Å². The van der Waals surface area contributed by atoms with Gasteiger partial charge in [-0.15, -0.1) is 0 Å². The zero-order valence-corrected chi connectivity index (χ0v) is 10.9. The number of fused-ring (bicyclic) bond motifs is 1. The molecule has 0 aliphatic rings. The van der Waals surface area contributed by atoms with Crippen LogP contribution in [0.25, 0.3) is 10.9 Å². The molecule has 2 aromatic rings. The molecule has 4 heteroatoms. The zero-order valence-electron chi connectivity index (χ0n) is 9.36. The van der Waals surface area contributed by atoms with Gasteiger partial charge >= 0.3 is 0 Å². The number of aryl methyl sites for hydroxylation is 2. The fourth-order valence-corrected chi connectivity index (χ4v) is 2.31. The van der Waals surface area contributed by atoms with Crippen LogP contribution in [-0.4, -0.2) is 4.98 Å². The van der Waals surface area contributed by atoms with Crippen molar-refractivity contribution in [1.29, 1.82) is 0 Å². The van der Waals surface area contributed by atoms with Crippen molar-refractivity contribution < 1.29 is 4.39 Å². The van der Waals surface area contributed by atoms with E-state index in [-0.39, 0.29) is 5.82 Å². The van der Waals surface area contributed by atoms with E-state index < -0.39 is 0 Å². The number of nitrogen functional groups attached to an aromatic ring is 1. The van der Waals surface area contributed by atoms with Crippen molar-refractivity contribution in [3.05, 3.63) is 33.2 Å². The SMILES string of the molecule is Cc1nc2c(C)cc(Br)c(F)c2c(N)c1C. The summed E-state index contributed by atoms with van der Waals surface area (Å²) in [5, 5.41) is 0.412. The molecule has 2 nitrogen and oxygen atoms in total. The lowest BCUT2D eigenvalue weighted by molar-refractivity contribution is 0.633. The number of anilines is 1. The van der Waals surface area contributed by atoms with Gasteiger partial charge in [0.05, 0.1) is 15.4 Å². The van der Waals surface area contributed by atoms with Crippen LogP contribution in [0, 0.1) is 26.6 Å². The van der Waals surface area contributed by atoms with E-state index in [1.54, 1.807) is 6.07 Å². The fraction of sp³-hybridized carbons (Fsp3) is 0.250. The van der Waals surface area contributed by atoms with Gasteiger partial charge in [-0.2, -0.15) is 0 Å². The number of halogens is 2. The summed E-state index contributed by atoms with van der Waals surface area (Å²) in [5.74, 6) is -0.339. The number of aromatic nitrogens is 1. The monoisotopic (exact) mass is 282 g/mol. The molecule has 1 aromatic heterocycles. The van der Waals surface area contributed by atoms with Crippen molar-refractivity contribution in [2.45, 2.75) is 20.8 Å². The average Bonchev–Trinajstić information content (AvgIpc) is 2.22. The molecule has 0 fully saturated rings. The van der Waals surface area contributed by atoms with Gasteiger partial charge in [0.25, 0.3) is 0 Å². The van der Waals surface area contributed by atoms with Crippen LogP contribution in [0.15, 0.2) is 10.5 Å². The summed E-state index contributed by atoms with van der Waals surface area (Å²) in [6, 6.07) is 1.72. The zero-order chi connectivity index (χ0) is 12.0. The first kappa shape index (κ1) is 11.3. The maximum atomic E-state index is 14.0. The third kappa shape index (κ3) is 1.48. The Kier molecular flexibility index (Phi) is 2.62. The van der Waals surface area contributed by atoms with Crippen molar-refractivity contribution in [1.82, 2.24) is 4.98 Å². The van der Waals surface area contributed by atoms with E-state index in [1.165, 1.54) is 0 Å². The highest BCUT2D eigenvalue weighted by molar-refractivity contribution is 9.10. The standard InChI is InChI=1S/C12H12BrFN2/c1-5-4-8(13)10(14)9-11(15)6(2)7(3)16-12(5)9/h4H,1-3H3,(H2,15,16). The molecule has 0 unspecified atom stereocenters. The van der Waals surface area contributed by atoms with Crippen molar-refractivity contribution in [2.24, 2.45) is 0 Å². The molecule has 0 spiro atoms. The average molecular weight is 283 g/mol. The Balaban J connectivity index is 3.07. The molecular weight excluding hydrogens is 271 g/mol. The predicted molar refractivity (Wildman–Crippen MR) is 68.0 cm³/mol. The Morgan fingerprint density at radius 3 is 2.56 bits per heavy atom. The van der Waals surface area contributed by atoms with Crippen LogP contribution in [-0.2, 0) is 0 Å². The molecule has 0 saturated heterocycles. The smallest absolute Gasteiger partial charge is 0.148 e. The predicted octanol–water partition coefficient (Wildman–Crippen LogP) is 3.64. The van der Waals surface area contributed by atoms with Crippen molar-refractivity contribution >= 4 is 32.5 Å². The lowest BCUT2D eigenvalue weighted by Gasteiger charge is -2.12. The molecule has 84 valence electrons. The van der Waals surface area contributed by atoms with Gasteiger partial charge in [0.15, 0.2) is 0 Å². The lowest BCUT2D eigenvalue weighted by Crippen LogP contribution is -2.01. The Bertz CT molecular complexity index is 594. The first-order valence-corrected chi connectivity index (χ1v) is 5.73. The van der Waals surface area contributed by atoms with Gasteiger partial charge in [-0.25, -0.2) is 4.39 Å². The maximum absolute atomic E-state index is 14.0. The summed E-state index contributed by atoms with van der Waals surface area (Å²) in [4.78, 5) is 4.40. The molecule has 1 aromatic carbocycles. The Labute approximate surface area is 102 Å². The van der Waals surface area contributed by atoms with Crippen LogP contribution >= 0.6 is 15.9 Å². The number of hydrogen-bond donors (Lipinski definition) is 1. The summed E-state index contributed by atoms with van der Waals surface area (Å²) in [6.45, 7) is 5.63. The van der Waals surface area contributed by atoms with Gasteiger partial charge < -0.3 is 5.73 Å². The highest BCUT2D eigenvalue weighted by atomic mass is 79.9. The maximum Gasteiger partial charge on any atom is 0.148 e. The third-order valence-electron chi connectivity index (χ3n) is 2.88. The molecule has 16 heavy (non-hydrogen) atoms. The summed E-state index contributed by atoms with van der Waals surface area (Å²) >= 11 is 3.19. The highest BCUT2D eigenvalue weighted by Gasteiger charge is 2.15. The molecule has 1 heterocycles. The third-order valence-corrected chi connectivity index (χ3v) is 3.46. The molecule has 0 atom stereocenters. The molecule has 0 amide bonds. The number of nitrogens with zero attached hydrogens (tertiary/aromatic N) is 1. The van der Waals surface area contributed by atoms with E-state index >= 15 is 0 Å². The number of nitrogens with two attached hydrogens (primary N) is 1. The molecular formula is C12H12BrFN2. The second-order valence-corrected chi connectivity index (χ2v) is 4.80. The Morgan fingerprint density at radius 2 is 1.94 bits per heavy atom. The number of pyridine rings is 1. The van der Waals surface area contributed by atoms with Crippen LogP contribution in [0.3, 0.4) is 0 Å². The second kappa shape index (κ2) is 3.70. The topological polar surface area (TPSA) is 38.9 Å². The van der Waals surface area contributed by atoms with Crippen LogP contribution in [0.5, 0.6) is 0 Å². The number of rotatable bonds is 0. The van der Waals surface area contributed by atoms with Gasteiger partial charge in [-0.05, 0) is 53.9 Å². The number of benzene rings is 1. The van der Waals surface area contributed by atoms with Crippen LogP contribution in [0.4, 0.5) is 10.1 Å². The molecule has 2 N–H and O–H groups in total. The lowest BCUT2D eigenvalue weighted by atomic mass is 10.0. The Morgan fingerprint density at radius 1 is 1.31 bits per heavy atom. The van der Waals surface area contributed by atoms with Gasteiger partial charge in [0.1, 0.15) is 5.82 Å². The van der Waals surface area contributed by atoms with Crippen LogP contribution in [0.1, 0.15) is 16.8 Å². The van der Waals surface area contributed by atoms with Crippen molar-refractivity contribution in [2.75, 3.05) is 5.73 Å². The molecule has 0 saturated carbocycles. The van der Waals surface area contributed by atoms with E-state index in [4.69, 9.17) is 5.73 Å². The van der Waals surface area contributed by atoms with E-state index in [0.717, 1.165) is 16.8 Å². The van der Waals surface area contributed by atoms with Crippen LogP contribution in [0.2, 0.25) is 0 Å². The highest BCUT2D eigenvalue weighted by Crippen LogP contribution is 2.33. The van der Waals surface area contributed by atoms with E-state index in [9.17, 15) is 4.39 Å².